The average Bonchev–Trinajstić information content (AvgIpc) is 3.27. The number of nitrogens with one attached hydrogen (secondary N) is 2. The third-order valence-electron chi connectivity index (χ3n) is 6.50. The van der Waals surface area contributed by atoms with Gasteiger partial charge in [0.1, 0.15) is 17.9 Å². The summed E-state index contributed by atoms with van der Waals surface area (Å²) in [5, 5.41) is 5.87. The minimum absolute atomic E-state index is 0.0740. The first kappa shape index (κ1) is 22.2. The second-order valence-corrected chi connectivity index (χ2v) is 8.59. The van der Waals surface area contributed by atoms with Crippen molar-refractivity contribution in [1.82, 2.24) is 15.2 Å². The Kier molecular flexibility index (Phi) is 7.82. The average molecular weight is 415 g/mol. The molecule has 3 rings (SSSR count). The molecule has 0 radical (unpaired) electrons. The zero-order valence-corrected chi connectivity index (χ0v) is 18.1. The molecule has 1 aromatic heterocycles. The van der Waals surface area contributed by atoms with Gasteiger partial charge in [-0.3, -0.25) is 14.4 Å². The fourth-order valence-corrected chi connectivity index (χ4v) is 4.46. The lowest BCUT2D eigenvalue weighted by Crippen LogP contribution is -2.56. The molecule has 0 unspecified atom stereocenters. The largest absolute Gasteiger partial charge is 0.344 e. The highest BCUT2D eigenvalue weighted by Crippen LogP contribution is 2.29. The van der Waals surface area contributed by atoms with Crippen molar-refractivity contribution in [3.8, 4) is 0 Å². The lowest BCUT2D eigenvalue weighted by Gasteiger charge is -2.35. The Morgan fingerprint density at radius 1 is 1.13 bits per heavy atom. The van der Waals surface area contributed by atoms with E-state index in [1.54, 1.807) is 23.2 Å². The van der Waals surface area contributed by atoms with Crippen LogP contribution in [0, 0.1) is 11.8 Å². The van der Waals surface area contributed by atoms with E-state index in [0.717, 1.165) is 38.5 Å². The second kappa shape index (κ2) is 10.5. The maximum atomic E-state index is 13.6. The number of anilines is 1. The van der Waals surface area contributed by atoms with Crippen LogP contribution in [0.15, 0.2) is 24.4 Å². The summed E-state index contributed by atoms with van der Waals surface area (Å²) in [4.78, 5) is 44.9. The molecule has 0 bridgehead atoms. The molecule has 0 aromatic carbocycles. The summed E-state index contributed by atoms with van der Waals surface area (Å²) in [7, 11) is 0. The maximum absolute atomic E-state index is 13.6. The molecule has 3 amide bonds. The van der Waals surface area contributed by atoms with Gasteiger partial charge >= 0.3 is 0 Å². The molecule has 7 nitrogen and oxygen atoms in total. The van der Waals surface area contributed by atoms with Crippen molar-refractivity contribution >= 4 is 23.5 Å². The Balaban J connectivity index is 1.74. The van der Waals surface area contributed by atoms with E-state index >= 15 is 0 Å². The normalized spacial score (nSPS) is 21.7. The Hall–Kier alpha value is -2.44. The minimum atomic E-state index is -0.546. The van der Waals surface area contributed by atoms with Crippen molar-refractivity contribution in [3.05, 3.63) is 24.4 Å². The molecule has 1 saturated heterocycles. The minimum Gasteiger partial charge on any atom is -0.344 e. The van der Waals surface area contributed by atoms with E-state index in [1.807, 2.05) is 19.9 Å². The Bertz CT molecular complexity index is 733. The highest BCUT2D eigenvalue weighted by molar-refractivity contribution is 5.98. The number of likely N-dealkylation sites (tertiary alicyclic amines) is 1. The van der Waals surface area contributed by atoms with E-state index in [-0.39, 0.29) is 29.6 Å². The van der Waals surface area contributed by atoms with Crippen LogP contribution in [0.25, 0.3) is 0 Å². The predicted octanol–water partition coefficient (Wildman–Crippen LogP) is 3.12. The van der Waals surface area contributed by atoms with Crippen molar-refractivity contribution in [2.24, 2.45) is 11.8 Å². The molecule has 2 heterocycles. The Morgan fingerprint density at radius 2 is 1.90 bits per heavy atom. The molecule has 30 heavy (non-hydrogen) atoms. The molecular formula is C23H34N4O3. The number of hydrogen-bond donors (Lipinski definition) is 2. The van der Waals surface area contributed by atoms with Crippen molar-refractivity contribution in [1.29, 1.82) is 0 Å². The summed E-state index contributed by atoms with van der Waals surface area (Å²) < 4.78 is 0. The van der Waals surface area contributed by atoms with Gasteiger partial charge in [-0.2, -0.15) is 0 Å². The fourth-order valence-electron chi connectivity index (χ4n) is 4.46. The molecule has 164 valence electrons. The van der Waals surface area contributed by atoms with Gasteiger partial charge in [0, 0.05) is 18.7 Å². The lowest BCUT2D eigenvalue weighted by molar-refractivity contribution is -0.142. The van der Waals surface area contributed by atoms with Gasteiger partial charge in [-0.1, -0.05) is 39.2 Å². The molecule has 1 aliphatic carbocycles. The van der Waals surface area contributed by atoms with Gasteiger partial charge < -0.3 is 15.5 Å². The Morgan fingerprint density at radius 3 is 2.57 bits per heavy atom. The number of carbonyl (C=O) groups is 3. The number of carbonyl (C=O) groups excluding carboxylic acids is 3. The van der Waals surface area contributed by atoms with E-state index < -0.39 is 12.1 Å². The SMILES string of the molecule is CC[C@@H](C)C(=O)N[C@H](C(=O)N1CCC[C@H]1C(=O)Nc1ccccn1)C1CCCCC1. The summed E-state index contributed by atoms with van der Waals surface area (Å²) in [6.45, 7) is 4.40. The Labute approximate surface area is 179 Å². The summed E-state index contributed by atoms with van der Waals surface area (Å²) >= 11 is 0. The van der Waals surface area contributed by atoms with E-state index in [4.69, 9.17) is 0 Å². The number of pyridine rings is 1. The molecule has 7 heteroatoms. The summed E-state index contributed by atoms with van der Waals surface area (Å²) in [6.07, 6.45) is 8.98. The van der Waals surface area contributed by atoms with Gasteiger partial charge in [-0.25, -0.2) is 4.98 Å². The monoisotopic (exact) mass is 414 g/mol. The van der Waals surface area contributed by atoms with Crippen molar-refractivity contribution in [3.63, 3.8) is 0 Å². The first-order chi connectivity index (χ1) is 14.5. The molecule has 1 saturated carbocycles. The number of aromatic nitrogens is 1. The van der Waals surface area contributed by atoms with Crippen LogP contribution in [0.5, 0.6) is 0 Å². The smallest absolute Gasteiger partial charge is 0.248 e. The molecule has 2 aliphatic rings. The van der Waals surface area contributed by atoms with Crippen LogP contribution >= 0.6 is 0 Å². The third kappa shape index (κ3) is 5.37. The molecule has 2 N–H and O–H groups in total. The number of amides is 3. The molecule has 1 aromatic rings. The van der Waals surface area contributed by atoms with E-state index in [2.05, 4.69) is 15.6 Å². The van der Waals surface area contributed by atoms with E-state index in [1.165, 1.54) is 6.42 Å². The number of rotatable bonds is 7. The molecule has 2 fully saturated rings. The molecule has 1 aliphatic heterocycles. The summed E-state index contributed by atoms with van der Waals surface area (Å²) in [5.41, 5.74) is 0. The van der Waals surface area contributed by atoms with Gasteiger partial charge in [0.05, 0.1) is 0 Å². The van der Waals surface area contributed by atoms with Gasteiger partial charge in [-0.05, 0) is 50.2 Å². The zero-order chi connectivity index (χ0) is 21.5. The summed E-state index contributed by atoms with van der Waals surface area (Å²) in [5.74, 6) is 0.0864. The molecule has 3 atom stereocenters. The van der Waals surface area contributed by atoms with Crippen LogP contribution in [0.3, 0.4) is 0 Å². The van der Waals surface area contributed by atoms with Crippen LogP contribution < -0.4 is 10.6 Å². The molecule has 0 spiro atoms. The van der Waals surface area contributed by atoms with Gasteiger partial charge in [0.25, 0.3) is 0 Å². The quantitative estimate of drug-likeness (QED) is 0.717. The summed E-state index contributed by atoms with van der Waals surface area (Å²) in [6, 6.07) is 4.26. The second-order valence-electron chi connectivity index (χ2n) is 8.59. The first-order valence-corrected chi connectivity index (χ1v) is 11.3. The van der Waals surface area contributed by atoms with Gasteiger partial charge in [0.2, 0.25) is 17.7 Å². The van der Waals surface area contributed by atoms with Gasteiger partial charge in [-0.15, -0.1) is 0 Å². The van der Waals surface area contributed by atoms with Crippen LogP contribution in [-0.4, -0.2) is 46.2 Å². The maximum Gasteiger partial charge on any atom is 0.248 e. The van der Waals surface area contributed by atoms with Crippen LogP contribution in [0.4, 0.5) is 5.82 Å². The highest BCUT2D eigenvalue weighted by atomic mass is 16.2. The van der Waals surface area contributed by atoms with Crippen LogP contribution in [0.2, 0.25) is 0 Å². The van der Waals surface area contributed by atoms with Crippen molar-refractivity contribution in [2.75, 3.05) is 11.9 Å². The predicted molar refractivity (Wildman–Crippen MR) is 116 cm³/mol. The van der Waals surface area contributed by atoms with E-state index in [0.29, 0.717) is 18.8 Å². The van der Waals surface area contributed by atoms with Crippen molar-refractivity contribution < 1.29 is 14.4 Å². The third-order valence-corrected chi connectivity index (χ3v) is 6.50. The number of nitrogens with zero attached hydrogens (tertiary/aromatic N) is 2. The van der Waals surface area contributed by atoms with E-state index in [9.17, 15) is 14.4 Å². The zero-order valence-electron chi connectivity index (χ0n) is 18.1. The van der Waals surface area contributed by atoms with Gasteiger partial charge in [0.15, 0.2) is 0 Å². The lowest BCUT2D eigenvalue weighted by atomic mass is 9.83. The first-order valence-electron chi connectivity index (χ1n) is 11.3. The number of hydrogen-bond acceptors (Lipinski definition) is 4. The van der Waals surface area contributed by atoms with Crippen LogP contribution in [-0.2, 0) is 14.4 Å². The van der Waals surface area contributed by atoms with Crippen molar-refractivity contribution in [2.45, 2.75) is 77.3 Å². The molecular weight excluding hydrogens is 380 g/mol. The fraction of sp³-hybridized carbons (Fsp3) is 0.652. The highest BCUT2D eigenvalue weighted by Gasteiger charge is 2.41. The standard InChI is InChI=1S/C23H34N4O3/c1-3-16(2)21(28)26-20(17-10-5-4-6-11-17)23(30)27-15-9-12-18(27)22(29)25-19-13-7-8-14-24-19/h7-8,13-14,16-18,20H,3-6,9-12,15H2,1-2H3,(H,26,28)(H,24,25,29)/t16-,18+,20+/m1/s1. The van der Waals surface area contributed by atoms with Crippen LogP contribution in [0.1, 0.15) is 65.2 Å². The topological polar surface area (TPSA) is 91.4 Å².